The summed E-state index contributed by atoms with van der Waals surface area (Å²) in [6.07, 6.45) is 1.08. The summed E-state index contributed by atoms with van der Waals surface area (Å²) in [5.74, 6) is 0.414. The maximum Gasteiger partial charge on any atom is 0.410 e. The SMILES string of the molecule is C[C@H](CN[C@H](C)C[C@@H]1COCCN1C(=O)OC(C)(C)C)C[C@H](C)O. The number of nitrogens with one attached hydrogen (secondary N) is 1. The molecule has 0 spiro atoms. The van der Waals surface area contributed by atoms with Crippen LogP contribution in [0.5, 0.6) is 0 Å². The highest BCUT2D eigenvalue weighted by Crippen LogP contribution is 2.18. The lowest BCUT2D eigenvalue weighted by Gasteiger charge is -2.38. The second kappa shape index (κ2) is 9.59. The standard InChI is InChI=1S/C18H36N2O4/c1-13(9-15(3)21)11-19-14(2)10-16-12-23-8-7-20(16)17(22)24-18(4,5)6/h13-16,19,21H,7-12H2,1-6H3/t13-,14+,15-,16+/m0/s1. The van der Waals surface area contributed by atoms with Crippen molar-refractivity contribution in [2.75, 3.05) is 26.3 Å². The highest BCUT2D eigenvalue weighted by atomic mass is 16.6. The van der Waals surface area contributed by atoms with Crippen LogP contribution in [0, 0.1) is 5.92 Å². The fraction of sp³-hybridized carbons (Fsp3) is 0.944. The average Bonchev–Trinajstić information content (AvgIpc) is 2.43. The molecule has 1 heterocycles. The van der Waals surface area contributed by atoms with Crippen LogP contribution in [0.4, 0.5) is 4.79 Å². The molecule has 0 bridgehead atoms. The van der Waals surface area contributed by atoms with Crippen LogP contribution in [0.2, 0.25) is 0 Å². The molecule has 0 saturated carbocycles. The molecule has 4 atom stereocenters. The third-order valence-corrected chi connectivity index (χ3v) is 4.04. The molecular weight excluding hydrogens is 308 g/mol. The average molecular weight is 344 g/mol. The van der Waals surface area contributed by atoms with Crippen molar-refractivity contribution in [2.24, 2.45) is 5.92 Å². The molecule has 6 heteroatoms. The number of carbonyl (C=O) groups is 1. The number of hydrogen-bond acceptors (Lipinski definition) is 5. The van der Waals surface area contributed by atoms with Gasteiger partial charge >= 0.3 is 6.09 Å². The number of amides is 1. The van der Waals surface area contributed by atoms with Gasteiger partial charge in [-0.3, -0.25) is 0 Å². The molecule has 0 unspecified atom stereocenters. The van der Waals surface area contributed by atoms with Gasteiger partial charge in [-0.15, -0.1) is 0 Å². The quantitative estimate of drug-likeness (QED) is 0.742. The predicted octanol–water partition coefficient (Wildman–Crippen LogP) is 2.40. The third kappa shape index (κ3) is 8.31. The molecule has 6 nitrogen and oxygen atoms in total. The first kappa shape index (κ1) is 21.2. The highest BCUT2D eigenvalue weighted by molar-refractivity contribution is 5.68. The second-order valence-electron chi connectivity index (χ2n) is 8.14. The van der Waals surface area contributed by atoms with Crippen molar-refractivity contribution in [3.8, 4) is 0 Å². The molecule has 24 heavy (non-hydrogen) atoms. The van der Waals surface area contributed by atoms with Crippen LogP contribution in [-0.4, -0.2) is 66.2 Å². The molecule has 1 rings (SSSR count). The molecule has 1 amide bonds. The van der Waals surface area contributed by atoms with E-state index >= 15 is 0 Å². The lowest BCUT2D eigenvalue weighted by molar-refractivity contribution is -0.0356. The number of carbonyl (C=O) groups excluding carboxylic acids is 1. The van der Waals surface area contributed by atoms with Crippen molar-refractivity contribution in [2.45, 2.75) is 78.2 Å². The molecule has 0 aromatic rings. The summed E-state index contributed by atoms with van der Waals surface area (Å²) in [6, 6.07) is 0.293. The number of aliphatic hydroxyl groups is 1. The minimum atomic E-state index is -0.486. The van der Waals surface area contributed by atoms with Crippen molar-refractivity contribution >= 4 is 6.09 Å². The molecule has 0 aromatic heterocycles. The molecule has 0 aliphatic carbocycles. The van der Waals surface area contributed by atoms with Gasteiger partial charge in [0.2, 0.25) is 0 Å². The maximum atomic E-state index is 12.4. The lowest BCUT2D eigenvalue weighted by atomic mass is 10.0. The monoisotopic (exact) mass is 344 g/mol. The van der Waals surface area contributed by atoms with Crippen molar-refractivity contribution in [3.05, 3.63) is 0 Å². The van der Waals surface area contributed by atoms with Gasteiger partial charge in [-0.25, -0.2) is 4.79 Å². The Balaban J connectivity index is 2.48. The van der Waals surface area contributed by atoms with Crippen LogP contribution in [0.25, 0.3) is 0 Å². The predicted molar refractivity (Wildman–Crippen MR) is 95.1 cm³/mol. The molecule has 1 saturated heterocycles. The summed E-state index contributed by atoms with van der Waals surface area (Å²) in [6.45, 7) is 14.3. The number of morpholine rings is 1. The first-order chi connectivity index (χ1) is 11.1. The zero-order chi connectivity index (χ0) is 18.3. The van der Waals surface area contributed by atoms with Crippen LogP contribution in [0.3, 0.4) is 0 Å². The Morgan fingerprint density at radius 3 is 2.62 bits per heavy atom. The van der Waals surface area contributed by atoms with Gasteiger partial charge in [0.25, 0.3) is 0 Å². The zero-order valence-corrected chi connectivity index (χ0v) is 16.2. The summed E-state index contributed by atoms with van der Waals surface area (Å²) in [5, 5.41) is 12.9. The van der Waals surface area contributed by atoms with E-state index in [2.05, 4.69) is 19.2 Å². The maximum absolute atomic E-state index is 12.4. The third-order valence-electron chi connectivity index (χ3n) is 4.04. The van der Waals surface area contributed by atoms with E-state index in [1.807, 2.05) is 27.7 Å². The molecule has 1 aliphatic rings. The number of hydrogen-bond donors (Lipinski definition) is 2. The Hall–Kier alpha value is -0.850. The van der Waals surface area contributed by atoms with E-state index in [-0.39, 0.29) is 24.3 Å². The summed E-state index contributed by atoms with van der Waals surface area (Å²) < 4.78 is 11.1. The van der Waals surface area contributed by atoms with Gasteiger partial charge in [0.15, 0.2) is 0 Å². The Morgan fingerprint density at radius 1 is 1.38 bits per heavy atom. The van der Waals surface area contributed by atoms with Gasteiger partial charge in [0.05, 0.1) is 25.4 Å². The van der Waals surface area contributed by atoms with E-state index < -0.39 is 5.60 Å². The minimum absolute atomic E-state index is 0.0307. The summed E-state index contributed by atoms with van der Waals surface area (Å²) in [5.41, 5.74) is -0.486. The van der Waals surface area contributed by atoms with E-state index in [1.54, 1.807) is 4.90 Å². The fourth-order valence-electron chi connectivity index (χ4n) is 2.97. The Bertz CT molecular complexity index is 382. The fourth-order valence-corrected chi connectivity index (χ4v) is 2.97. The van der Waals surface area contributed by atoms with Crippen LogP contribution >= 0.6 is 0 Å². The van der Waals surface area contributed by atoms with Crippen LogP contribution in [0.1, 0.15) is 54.4 Å². The highest BCUT2D eigenvalue weighted by Gasteiger charge is 2.31. The summed E-state index contributed by atoms with van der Waals surface area (Å²) in [4.78, 5) is 14.2. The van der Waals surface area contributed by atoms with Crippen LogP contribution in [0.15, 0.2) is 0 Å². The van der Waals surface area contributed by atoms with Gasteiger partial charge in [-0.2, -0.15) is 0 Å². The molecule has 142 valence electrons. The number of aliphatic hydroxyl groups excluding tert-OH is 1. The molecule has 1 fully saturated rings. The van der Waals surface area contributed by atoms with Crippen LogP contribution in [-0.2, 0) is 9.47 Å². The normalized spacial score (nSPS) is 22.8. The number of ether oxygens (including phenoxy) is 2. The van der Waals surface area contributed by atoms with E-state index in [0.29, 0.717) is 25.7 Å². The van der Waals surface area contributed by atoms with Crippen molar-refractivity contribution < 1.29 is 19.4 Å². The minimum Gasteiger partial charge on any atom is -0.444 e. The molecule has 2 N–H and O–H groups in total. The van der Waals surface area contributed by atoms with Gasteiger partial charge in [0, 0.05) is 12.6 Å². The molecule has 0 aromatic carbocycles. The van der Waals surface area contributed by atoms with E-state index in [4.69, 9.17) is 9.47 Å². The van der Waals surface area contributed by atoms with Gasteiger partial charge < -0.3 is 24.8 Å². The Kier molecular flexibility index (Phi) is 8.46. The van der Waals surface area contributed by atoms with Crippen molar-refractivity contribution in [3.63, 3.8) is 0 Å². The second-order valence-corrected chi connectivity index (χ2v) is 8.14. The number of nitrogens with zero attached hydrogens (tertiary/aromatic N) is 1. The van der Waals surface area contributed by atoms with E-state index in [9.17, 15) is 9.90 Å². The summed E-state index contributed by atoms with van der Waals surface area (Å²) in [7, 11) is 0. The largest absolute Gasteiger partial charge is 0.444 e. The Morgan fingerprint density at radius 2 is 2.04 bits per heavy atom. The van der Waals surface area contributed by atoms with E-state index in [0.717, 1.165) is 19.4 Å². The lowest BCUT2D eigenvalue weighted by Crippen LogP contribution is -2.52. The first-order valence-corrected chi connectivity index (χ1v) is 9.07. The Labute approximate surface area is 146 Å². The van der Waals surface area contributed by atoms with Crippen molar-refractivity contribution in [1.29, 1.82) is 0 Å². The van der Waals surface area contributed by atoms with Gasteiger partial charge in [-0.1, -0.05) is 6.92 Å². The van der Waals surface area contributed by atoms with Gasteiger partial charge in [0.1, 0.15) is 5.60 Å². The van der Waals surface area contributed by atoms with Crippen molar-refractivity contribution in [1.82, 2.24) is 10.2 Å². The van der Waals surface area contributed by atoms with E-state index in [1.165, 1.54) is 0 Å². The van der Waals surface area contributed by atoms with Crippen LogP contribution < -0.4 is 5.32 Å². The zero-order valence-electron chi connectivity index (χ0n) is 16.2. The summed E-state index contributed by atoms with van der Waals surface area (Å²) >= 11 is 0. The number of rotatable bonds is 7. The first-order valence-electron chi connectivity index (χ1n) is 9.07. The molecule has 1 aliphatic heterocycles. The topological polar surface area (TPSA) is 71.0 Å². The smallest absolute Gasteiger partial charge is 0.410 e. The molecule has 0 radical (unpaired) electrons. The molecular formula is C18H36N2O4. The van der Waals surface area contributed by atoms with Gasteiger partial charge in [-0.05, 0) is 59.9 Å².